The summed E-state index contributed by atoms with van der Waals surface area (Å²) in [4.78, 5) is 11.6. The van der Waals surface area contributed by atoms with Gasteiger partial charge >= 0.3 is 0 Å². The molecule has 1 amide bonds. The second-order valence-corrected chi connectivity index (χ2v) is 4.75. The van der Waals surface area contributed by atoms with Gasteiger partial charge in [-0.05, 0) is 30.9 Å². The summed E-state index contributed by atoms with van der Waals surface area (Å²) in [6.07, 6.45) is 3.88. The minimum Gasteiger partial charge on any atom is -0.381 e. The molecule has 18 heavy (non-hydrogen) atoms. The third-order valence-electron chi connectivity index (χ3n) is 3.41. The molecule has 0 saturated carbocycles. The van der Waals surface area contributed by atoms with E-state index in [1.54, 1.807) is 0 Å². The third-order valence-corrected chi connectivity index (χ3v) is 3.41. The summed E-state index contributed by atoms with van der Waals surface area (Å²) < 4.78 is 5.40. The molecule has 1 aliphatic heterocycles. The van der Waals surface area contributed by atoms with E-state index in [2.05, 4.69) is 24.0 Å². The maximum absolute atomic E-state index is 11.6. The second kappa shape index (κ2) is 5.83. The average Bonchev–Trinajstić information content (AvgIpc) is 2.40. The summed E-state index contributed by atoms with van der Waals surface area (Å²) in [6, 6.07) is 10.2. The Morgan fingerprint density at radius 1 is 1.33 bits per heavy atom. The molecule has 1 heterocycles. The van der Waals surface area contributed by atoms with Crippen molar-refractivity contribution in [3.63, 3.8) is 0 Å². The van der Waals surface area contributed by atoms with Crippen molar-refractivity contribution in [1.29, 1.82) is 0 Å². The monoisotopic (exact) mass is 245 g/mol. The molecule has 0 aromatic heterocycles. The van der Waals surface area contributed by atoms with Gasteiger partial charge < -0.3 is 10.1 Å². The molecule has 1 saturated heterocycles. The number of benzene rings is 1. The minimum atomic E-state index is -0.190. The fraction of sp³-hybridized carbons (Fsp3) is 0.400. The van der Waals surface area contributed by atoms with Crippen LogP contribution < -0.4 is 5.32 Å². The van der Waals surface area contributed by atoms with E-state index in [1.807, 2.05) is 18.2 Å². The Morgan fingerprint density at radius 3 is 2.61 bits per heavy atom. The van der Waals surface area contributed by atoms with Crippen LogP contribution in [-0.4, -0.2) is 24.7 Å². The van der Waals surface area contributed by atoms with Crippen molar-refractivity contribution in [2.24, 2.45) is 0 Å². The van der Waals surface area contributed by atoms with Crippen molar-refractivity contribution in [1.82, 2.24) is 5.32 Å². The van der Waals surface area contributed by atoms with Crippen LogP contribution in [0.3, 0.4) is 0 Å². The molecule has 1 aromatic carbocycles. The normalized spacial score (nSPS) is 18.0. The van der Waals surface area contributed by atoms with E-state index in [0.29, 0.717) is 13.2 Å². The average molecular weight is 245 g/mol. The zero-order valence-electron chi connectivity index (χ0n) is 10.5. The number of hydrogen-bond donors (Lipinski definition) is 1. The molecule has 0 unspecified atom stereocenters. The Balaban J connectivity index is 2.13. The van der Waals surface area contributed by atoms with Gasteiger partial charge in [0.15, 0.2) is 0 Å². The minimum absolute atomic E-state index is 0.104. The quantitative estimate of drug-likeness (QED) is 0.825. The molecule has 96 valence electrons. The van der Waals surface area contributed by atoms with E-state index in [4.69, 9.17) is 4.74 Å². The number of amides is 1. The summed E-state index contributed by atoms with van der Waals surface area (Å²) in [6.45, 7) is 4.92. The van der Waals surface area contributed by atoms with Gasteiger partial charge in [0.1, 0.15) is 0 Å². The molecular weight excluding hydrogens is 226 g/mol. The molecule has 1 aliphatic rings. The van der Waals surface area contributed by atoms with Crippen LogP contribution in [0.25, 0.3) is 0 Å². The van der Waals surface area contributed by atoms with E-state index >= 15 is 0 Å². The fourth-order valence-electron chi connectivity index (χ4n) is 2.41. The number of rotatable bonds is 4. The van der Waals surface area contributed by atoms with Gasteiger partial charge in [-0.2, -0.15) is 0 Å². The van der Waals surface area contributed by atoms with E-state index in [9.17, 15) is 4.79 Å². The fourth-order valence-corrected chi connectivity index (χ4v) is 2.41. The van der Waals surface area contributed by atoms with E-state index in [-0.39, 0.29) is 11.4 Å². The van der Waals surface area contributed by atoms with Crippen molar-refractivity contribution in [2.45, 2.75) is 24.8 Å². The molecule has 1 fully saturated rings. The first-order valence-electron chi connectivity index (χ1n) is 6.30. The Hall–Kier alpha value is -1.61. The molecule has 0 atom stereocenters. The largest absolute Gasteiger partial charge is 0.381 e. The predicted molar refractivity (Wildman–Crippen MR) is 71.3 cm³/mol. The highest BCUT2D eigenvalue weighted by atomic mass is 16.5. The number of hydrogen-bond acceptors (Lipinski definition) is 2. The number of ether oxygens (including phenoxy) is 1. The van der Waals surface area contributed by atoms with Crippen LogP contribution >= 0.6 is 0 Å². The highest BCUT2D eigenvalue weighted by Gasteiger charge is 2.33. The summed E-state index contributed by atoms with van der Waals surface area (Å²) in [5, 5.41) is 3.09. The van der Waals surface area contributed by atoms with Gasteiger partial charge in [0.2, 0.25) is 5.91 Å². The third kappa shape index (κ3) is 3.20. The maximum atomic E-state index is 11.6. The number of carbonyl (C=O) groups is 1. The summed E-state index contributed by atoms with van der Waals surface area (Å²) in [7, 11) is 0. The van der Waals surface area contributed by atoms with Crippen LogP contribution in [0.2, 0.25) is 0 Å². The number of nitrogens with one attached hydrogen (secondary N) is 1. The Morgan fingerprint density at radius 2 is 2.00 bits per heavy atom. The van der Waals surface area contributed by atoms with Crippen molar-refractivity contribution in [3.05, 3.63) is 48.6 Å². The molecule has 1 N–H and O–H groups in total. The van der Waals surface area contributed by atoms with Crippen molar-refractivity contribution < 1.29 is 9.53 Å². The maximum Gasteiger partial charge on any atom is 0.243 e. The van der Waals surface area contributed by atoms with E-state index in [1.165, 1.54) is 11.6 Å². The molecule has 1 aromatic rings. The second-order valence-electron chi connectivity index (χ2n) is 4.75. The summed E-state index contributed by atoms with van der Waals surface area (Å²) in [5.41, 5.74) is 1.05. The Labute approximate surface area is 108 Å². The highest BCUT2D eigenvalue weighted by molar-refractivity contribution is 5.87. The van der Waals surface area contributed by atoms with Crippen molar-refractivity contribution >= 4 is 5.91 Å². The lowest BCUT2D eigenvalue weighted by molar-refractivity contribution is -0.119. The standard InChI is InChI=1S/C15H19NO2/c1-2-14(17)16-15(8-10-18-11-9-15)12-13-6-4-3-5-7-13/h2-7H,1,8-12H2,(H,16,17). The first kappa shape index (κ1) is 12.8. The molecule has 3 heteroatoms. The number of carbonyl (C=O) groups excluding carboxylic acids is 1. The zero-order chi connectivity index (χ0) is 12.8. The van der Waals surface area contributed by atoms with Crippen LogP contribution in [-0.2, 0) is 16.0 Å². The van der Waals surface area contributed by atoms with E-state index in [0.717, 1.165) is 19.3 Å². The molecule has 0 bridgehead atoms. The zero-order valence-corrected chi connectivity index (χ0v) is 10.5. The highest BCUT2D eigenvalue weighted by Crippen LogP contribution is 2.25. The van der Waals surface area contributed by atoms with Crippen LogP contribution in [0.4, 0.5) is 0 Å². The molecule has 0 spiro atoms. The van der Waals surface area contributed by atoms with Gasteiger partial charge in [-0.15, -0.1) is 0 Å². The van der Waals surface area contributed by atoms with E-state index < -0.39 is 0 Å². The van der Waals surface area contributed by atoms with Crippen LogP contribution in [0.15, 0.2) is 43.0 Å². The van der Waals surface area contributed by atoms with Gasteiger partial charge in [0.25, 0.3) is 0 Å². The predicted octanol–water partition coefficient (Wildman–Crippen LogP) is 2.08. The molecular formula is C15H19NO2. The Bertz CT molecular complexity index is 408. The van der Waals surface area contributed by atoms with Crippen molar-refractivity contribution in [2.75, 3.05) is 13.2 Å². The first-order valence-corrected chi connectivity index (χ1v) is 6.30. The molecule has 0 aliphatic carbocycles. The van der Waals surface area contributed by atoms with Crippen LogP contribution in [0.5, 0.6) is 0 Å². The van der Waals surface area contributed by atoms with Gasteiger partial charge in [-0.3, -0.25) is 4.79 Å². The van der Waals surface area contributed by atoms with Gasteiger partial charge in [-0.25, -0.2) is 0 Å². The van der Waals surface area contributed by atoms with Crippen LogP contribution in [0.1, 0.15) is 18.4 Å². The van der Waals surface area contributed by atoms with Crippen molar-refractivity contribution in [3.8, 4) is 0 Å². The lowest BCUT2D eigenvalue weighted by atomic mass is 9.83. The lowest BCUT2D eigenvalue weighted by Crippen LogP contribution is -2.53. The molecule has 3 nitrogen and oxygen atoms in total. The lowest BCUT2D eigenvalue weighted by Gasteiger charge is -2.38. The van der Waals surface area contributed by atoms with Gasteiger partial charge in [0.05, 0.1) is 0 Å². The smallest absolute Gasteiger partial charge is 0.243 e. The van der Waals surface area contributed by atoms with Gasteiger partial charge in [0, 0.05) is 18.8 Å². The van der Waals surface area contributed by atoms with Crippen LogP contribution in [0, 0.1) is 0 Å². The first-order chi connectivity index (χ1) is 8.74. The van der Waals surface area contributed by atoms with Gasteiger partial charge in [-0.1, -0.05) is 36.9 Å². The SMILES string of the molecule is C=CC(=O)NC1(Cc2ccccc2)CCOCC1. The summed E-state index contributed by atoms with van der Waals surface area (Å²) >= 11 is 0. The molecule has 0 radical (unpaired) electrons. The topological polar surface area (TPSA) is 38.3 Å². The molecule has 2 rings (SSSR count). The Kier molecular flexibility index (Phi) is 4.15. The summed E-state index contributed by atoms with van der Waals surface area (Å²) in [5.74, 6) is -0.104.